The average Bonchev–Trinajstić information content (AvgIpc) is 2.66. The minimum Gasteiger partial charge on any atom is -0.493 e. The van der Waals surface area contributed by atoms with Crippen LogP contribution in [0.1, 0.15) is 24.2 Å². The lowest BCUT2D eigenvalue weighted by Gasteiger charge is -2.12. The molecule has 1 amide bonds. The molecule has 0 spiro atoms. The lowest BCUT2D eigenvalue weighted by Crippen LogP contribution is -2.30. The van der Waals surface area contributed by atoms with Crippen molar-refractivity contribution in [2.24, 2.45) is 0 Å². The molecule has 0 fully saturated rings. The molecule has 0 unspecified atom stereocenters. The fraction of sp³-hybridized carbons (Fsp3) is 0.278. The molecule has 0 aliphatic carbocycles. The average molecular weight is 423 g/mol. The quantitative estimate of drug-likeness (QED) is 0.492. The number of methoxy groups -OCH3 is 2. The minimum atomic E-state index is -3.67. The van der Waals surface area contributed by atoms with E-state index in [0.717, 1.165) is 6.07 Å². The van der Waals surface area contributed by atoms with Gasteiger partial charge in [-0.1, -0.05) is 0 Å². The van der Waals surface area contributed by atoms with Gasteiger partial charge in [0.05, 0.1) is 30.1 Å². The highest BCUT2D eigenvalue weighted by molar-refractivity contribution is 7.89. The normalized spacial score (nSPS) is 11.2. The van der Waals surface area contributed by atoms with Crippen LogP contribution < -0.4 is 19.5 Å². The number of amides is 1. The van der Waals surface area contributed by atoms with Gasteiger partial charge in [0.1, 0.15) is 5.56 Å². The molecule has 0 radical (unpaired) electrons. The van der Waals surface area contributed by atoms with Crippen molar-refractivity contribution in [3.63, 3.8) is 0 Å². The van der Waals surface area contributed by atoms with Crippen molar-refractivity contribution in [1.29, 1.82) is 0 Å². The molecule has 2 aromatic carbocycles. The summed E-state index contributed by atoms with van der Waals surface area (Å²) in [7, 11) is -1.01. The molecule has 10 nitrogen and oxygen atoms in total. The molecule has 0 aromatic heterocycles. The van der Waals surface area contributed by atoms with E-state index in [2.05, 4.69) is 10.0 Å². The van der Waals surface area contributed by atoms with Crippen LogP contribution in [-0.4, -0.2) is 39.5 Å². The van der Waals surface area contributed by atoms with Crippen molar-refractivity contribution < 1.29 is 27.6 Å². The molecule has 2 rings (SSSR count). The molecule has 0 atom stereocenters. The Morgan fingerprint density at radius 1 is 1.07 bits per heavy atom. The number of rotatable bonds is 8. The van der Waals surface area contributed by atoms with E-state index >= 15 is 0 Å². The van der Waals surface area contributed by atoms with Gasteiger partial charge in [0, 0.05) is 17.8 Å². The summed E-state index contributed by atoms with van der Waals surface area (Å²) in [6, 6.07) is 7.45. The van der Waals surface area contributed by atoms with Crippen molar-refractivity contribution in [2.45, 2.75) is 24.8 Å². The van der Waals surface area contributed by atoms with Crippen LogP contribution in [0.2, 0.25) is 0 Å². The molecule has 11 heteroatoms. The summed E-state index contributed by atoms with van der Waals surface area (Å²) >= 11 is 0. The Morgan fingerprint density at radius 3 is 2.10 bits per heavy atom. The van der Waals surface area contributed by atoms with Gasteiger partial charge in [0.25, 0.3) is 11.6 Å². The highest BCUT2D eigenvalue weighted by Crippen LogP contribution is 2.34. The zero-order chi connectivity index (χ0) is 21.8. The molecule has 0 aliphatic heterocycles. The third kappa shape index (κ3) is 5.21. The summed E-state index contributed by atoms with van der Waals surface area (Å²) in [6.45, 7) is 3.39. The first kappa shape index (κ1) is 22.1. The van der Waals surface area contributed by atoms with Gasteiger partial charge >= 0.3 is 0 Å². The largest absolute Gasteiger partial charge is 0.493 e. The maximum absolute atomic E-state index is 12.6. The zero-order valence-electron chi connectivity index (χ0n) is 16.3. The van der Waals surface area contributed by atoms with Crippen LogP contribution in [-0.2, 0) is 10.0 Å². The Bertz CT molecular complexity index is 1020. The summed E-state index contributed by atoms with van der Waals surface area (Å²) in [5.74, 6) is -0.485. The van der Waals surface area contributed by atoms with Crippen LogP contribution in [0, 0.1) is 10.1 Å². The smallest absolute Gasteiger partial charge is 0.286 e. The third-order valence-electron chi connectivity index (χ3n) is 3.76. The molecule has 156 valence electrons. The highest BCUT2D eigenvalue weighted by Gasteiger charge is 2.25. The Balaban J connectivity index is 2.32. The van der Waals surface area contributed by atoms with Crippen molar-refractivity contribution in [3.8, 4) is 11.5 Å². The van der Waals surface area contributed by atoms with Gasteiger partial charge in [-0.15, -0.1) is 0 Å². The zero-order valence-corrected chi connectivity index (χ0v) is 17.1. The van der Waals surface area contributed by atoms with E-state index in [-0.39, 0.29) is 33.7 Å². The monoisotopic (exact) mass is 423 g/mol. The second-order valence-electron chi connectivity index (χ2n) is 6.24. The summed E-state index contributed by atoms with van der Waals surface area (Å²) in [5.41, 5.74) is -0.422. The number of benzene rings is 2. The van der Waals surface area contributed by atoms with Crippen molar-refractivity contribution >= 4 is 27.3 Å². The third-order valence-corrected chi connectivity index (χ3v) is 5.43. The minimum absolute atomic E-state index is 0.0290. The van der Waals surface area contributed by atoms with E-state index in [1.54, 1.807) is 13.8 Å². The Kier molecular flexibility index (Phi) is 6.77. The van der Waals surface area contributed by atoms with Gasteiger partial charge in [-0.2, -0.15) is 0 Å². The Morgan fingerprint density at radius 2 is 1.62 bits per heavy atom. The number of carbonyl (C=O) groups is 1. The predicted octanol–water partition coefficient (Wildman–Crippen LogP) is 2.55. The number of hydrogen-bond acceptors (Lipinski definition) is 7. The van der Waals surface area contributed by atoms with Gasteiger partial charge in [-0.3, -0.25) is 14.9 Å². The van der Waals surface area contributed by atoms with E-state index < -0.39 is 26.5 Å². The molecule has 0 heterocycles. The maximum Gasteiger partial charge on any atom is 0.286 e. The first-order valence-corrected chi connectivity index (χ1v) is 9.91. The maximum atomic E-state index is 12.6. The first-order valence-electron chi connectivity index (χ1n) is 8.43. The Hall–Kier alpha value is -3.18. The van der Waals surface area contributed by atoms with Crippen molar-refractivity contribution in [1.82, 2.24) is 4.72 Å². The fourth-order valence-corrected chi connectivity index (χ4v) is 3.75. The lowest BCUT2D eigenvalue weighted by atomic mass is 10.1. The summed E-state index contributed by atoms with van der Waals surface area (Å²) in [6.07, 6.45) is 0. The SMILES string of the molecule is COc1cc(C(=O)Nc2ccc(S(=O)(=O)NC(C)C)cc2)c([N+](=O)[O-])cc1OC. The van der Waals surface area contributed by atoms with Gasteiger partial charge in [-0.05, 0) is 38.1 Å². The van der Waals surface area contributed by atoms with E-state index in [4.69, 9.17) is 9.47 Å². The molecule has 2 aromatic rings. The molecule has 0 aliphatic rings. The topological polar surface area (TPSA) is 137 Å². The number of nitro benzene ring substituents is 1. The summed E-state index contributed by atoms with van der Waals surface area (Å²) < 4.78 is 36.9. The van der Waals surface area contributed by atoms with E-state index in [1.165, 1.54) is 44.6 Å². The predicted molar refractivity (Wildman–Crippen MR) is 106 cm³/mol. The van der Waals surface area contributed by atoms with Crippen LogP contribution in [0.5, 0.6) is 11.5 Å². The van der Waals surface area contributed by atoms with Crippen LogP contribution >= 0.6 is 0 Å². The number of sulfonamides is 1. The van der Waals surface area contributed by atoms with E-state index in [1.807, 2.05) is 0 Å². The Labute approximate surface area is 168 Å². The van der Waals surface area contributed by atoms with Gasteiger partial charge in [0.15, 0.2) is 11.5 Å². The number of nitrogens with one attached hydrogen (secondary N) is 2. The van der Waals surface area contributed by atoms with Gasteiger partial charge in [0.2, 0.25) is 10.0 Å². The summed E-state index contributed by atoms with van der Waals surface area (Å²) in [5, 5.41) is 13.9. The number of carbonyl (C=O) groups excluding carboxylic acids is 1. The van der Waals surface area contributed by atoms with Crippen LogP contribution in [0.15, 0.2) is 41.3 Å². The lowest BCUT2D eigenvalue weighted by molar-refractivity contribution is -0.385. The van der Waals surface area contributed by atoms with E-state index in [9.17, 15) is 23.3 Å². The number of nitrogens with zero attached hydrogens (tertiary/aromatic N) is 1. The first-order chi connectivity index (χ1) is 13.6. The molecule has 0 saturated carbocycles. The highest BCUT2D eigenvalue weighted by atomic mass is 32.2. The molecular formula is C18H21N3O7S. The summed E-state index contributed by atoms with van der Waals surface area (Å²) in [4.78, 5) is 23.3. The molecule has 29 heavy (non-hydrogen) atoms. The van der Waals surface area contributed by atoms with Gasteiger partial charge in [-0.25, -0.2) is 13.1 Å². The van der Waals surface area contributed by atoms with Crippen LogP contribution in [0.4, 0.5) is 11.4 Å². The standard InChI is InChI=1S/C18H21N3O7S/c1-11(2)20-29(25,26)13-7-5-12(6-8-13)19-18(22)14-9-16(27-3)17(28-4)10-15(14)21(23)24/h5-11,20H,1-4H3,(H,19,22). The molecule has 0 saturated heterocycles. The van der Waals surface area contributed by atoms with Crippen molar-refractivity contribution in [3.05, 3.63) is 52.1 Å². The fourth-order valence-electron chi connectivity index (χ4n) is 2.50. The second-order valence-corrected chi connectivity index (χ2v) is 7.95. The molecule has 2 N–H and O–H groups in total. The van der Waals surface area contributed by atoms with E-state index in [0.29, 0.717) is 0 Å². The van der Waals surface area contributed by atoms with Gasteiger partial charge < -0.3 is 14.8 Å². The van der Waals surface area contributed by atoms with Crippen molar-refractivity contribution in [2.75, 3.05) is 19.5 Å². The molecular weight excluding hydrogens is 402 g/mol. The number of ether oxygens (including phenoxy) is 2. The van der Waals surface area contributed by atoms with Crippen LogP contribution in [0.3, 0.4) is 0 Å². The number of nitro groups is 1. The molecule has 0 bridgehead atoms. The number of hydrogen-bond donors (Lipinski definition) is 2. The number of anilines is 1. The second kappa shape index (κ2) is 8.88. The van der Waals surface area contributed by atoms with Crippen LogP contribution in [0.25, 0.3) is 0 Å².